The molecule has 7 nitrogen and oxygen atoms in total. The number of nitrogen functional groups attached to an aromatic ring is 1. The summed E-state index contributed by atoms with van der Waals surface area (Å²) in [6.45, 7) is 7.80. The number of piperazine rings is 1. The summed E-state index contributed by atoms with van der Waals surface area (Å²) >= 11 is 0. The minimum atomic E-state index is 0. The second kappa shape index (κ2) is 8.83. The Morgan fingerprint density at radius 3 is 2.17 bits per heavy atom. The first kappa shape index (κ1) is 21.8. The van der Waals surface area contributed by atoms with E-state index in [1.165, 1.54) is 16.8 Å². The molecule has 0 spiro atoms. The van der Waals surface area contributed by atoms with Gasteiger partial charge in [-0.25, -0.2) is 4.98 Å². The van der Waals surface area contributed by atoms with E-state index in [9.17, 15) is 0 Å². The summed E-state index contributed by atoms with van der Waals surface area (Å²) in [7, 11) is 3.21. The lowest BCUT2D eigenvalue weighted by Gasteiger charge is -2.37. The van der Waals surface area contributed by atoms with E-state index in [4.69, 9.17) is 20.2 Å². The van der Waals surface area contributed by atoms with E-state index >= 15 is 0 Å². The third-order valence-electron chi connectivity index (χ3n) is 5.49. The molecule has 2 aromatic carbocycles. The van der Waals surface area contributed by atoms with Crippen LogP contribution in [-0.4, -0.2) is 50.4 Å². The number of methoxy groups -OCH3 is 2. The van der Waals surface area contributed by atoms with Gasteiger partial charge in [0, 0.05) is 43.3 Å². The quantitative estimate of drug-likeness (QED) is 0.635. The number of benzene rings is 2. The fourth-order valence-corrected chi connectivity index (χ4v) is 3.82. The number of anilines is 3. The lowest BCUT2D eigenvalue weighted by molar-refractivity contribution is -0.00000667. The summed E-state index contributed by atoms with van der Waals surface area (Å²) in [6, 6.07) is 10.3. The Morgan fingerprint density at radius 2 is 1.50 bits per heavy atom. The zero-order chi connectivity index (χ0) is 20.5. The zero-order valence-corrected chi connectivity index (χ0v) is 18.5. The van der Waals surface area contributed by atoms with E-state index in [-0.39, 0.29) is 12.4 Å². The van der Waals surface area contributed by atoms with Gasteiger partial charge in [-0.2, -0.15) is 4.98 Å². The zero-order valence-electron chi connectivity index (χ0n) is 17.8. The average Bonchev–Trinajstić information content (AvgIpc) is 2.74. The number of halogens is 1. The van der Waals surface area contributed by atoms with Gasteiger partial charge in [0.1, 0.15) is 5.82 Å². The predicted octanol–water partition coefficient (Wildman–Crippen LogP) is 0.177. The van der Waals surface area contributed by atoms with Gasteiger partial charge < -0.3 is 37.4 Å². The Balaban J connectivity index is 0.00000256. The van der Waals surface area contributed by atoms with Crippen molar-refractivity contribution in [3.8, 4) is 11.5 Å². The number of nitrogens with zero attached hydrogens (tertiary/aromatic N) is 4. The van der Waals surface area contributed by atoms with Crippen LogP contribution in [0.2, 0.25) is 0 Å². The minimum Gasteiger partial charge on any atom is -1.00 e. The Labute approximate surface area is 183 Å². The molecule has 1 saturated heterocycles. The Bertz CT molecular complexity index is 1050. The van der Waals surface area contributed by atoms with Gasteiger partial charge in [-0.1, -0.05) is 12.1 Å². The molecule has 0 atom stereocenters. The second-order valence-corrected chi connectivity index (χ2v) is 7.40. The number of nitrogens with two attached hydrogens (primary N) is 1. The number of hydrogen-bond donors (Lipinski definition) is 1. The minimum absolute atomic E-state index is 0. The summed E-state index contributed by atoms with van der Waals surface area (Å²) < 4.78 is 10.8. The molecule has 0 radical (unpaired) electrons. The Morgan fingerprint density at radius 1 is 0.867 bits per heavy atom. The van der Waals surface area contributed by atoms with Crippen LogP contribution in [0.4, 0.5) is 17.5 Å². The standard InChI is InChI=1S/C22H27N5O2.ClH/c1-14-5-6-15(2)18(11-14)26-7-9-27(10-8-26)22-24-17-13-20(29-4)19(28-3)12-16(17)21(23)25-22;/h5-6,11-13H,7-10H2,1-4H3,(H2,23,24,25);1H/p-1. The molecule has 1 aliphatic heterocycles. The molecule has 1 fully saturated rings. The molecule has 4 rings (SSSR count). The molecule has 1 aliphatic rings. The highest BCUT2D eigenvalue weighted by Crippen LogP contribution is 2.34. The third-order valence-corrected chi connectivity index (χ3v) is 5.49. The summed E-state index contributed by atoms with van der Waals surface area (Å²) in [6.07, 6.45) is 0. The van der Waals surface area contributed by atoms with Crippen molar-refractivity contribution in [1.82, 2.24) is 9.97 Å². The fraction of sp³-hybridized carbons (Fsp3) is 0.364. The Kier molecular flexibility index (Phi) is 6.41. The molecular formula is C22H27ClN5O2-. The maximum absolute atomic E-state index is 6.25. The van der Waals surface area contributed by atoms with E-state index < -0.39 is 0 Å². The normalized spacial score (nSPS) is 13.9. The monoisotopic (exact) mass is 428 g/mol. The number of aromatic nitrogens is 2. The van der Waals surface area contributed by atoms with E-state index in [0.717, 1.165) is 37.1 Å². The van der Waals surface area contributed by atoms with Crippen LogP contribution in [0.5, 0.6) is 11.5 Å². The first-order chi connectivity index (χ1) is 14.0. The van der Waals surface area contributed by atoms with Crippen LogP contribution in [0, 0.1) is 13.8 Å². The van der Waals surface area contributed by atoms with Gasteiger partial charge in [0.05, 0.1) is 19.7 Å². The van der Waals surface area contributed by atoms with Gasteiger partial charge in [0.15, 0.2) is 11.5 Å². The topological polar surface area (TPSA) is 76.7 Å². The lowest BCUT2D eigenvalue weighted by atomic mass is 10.1. The molecule has 2 N–H and O–H groups in total. The molecule has 8 heteroatoms. The van der Waals surface area contributed by atoms with Crippen molar-refractivity contribution in [3.05, 3.63) is 41.5 Å². The van der Waals surface area contributed by atoms with Crippen molar-refractivity contribution in [1.29, 1.82) is 0 Å². The summed E-state index contributed by atoms with van der Waals surface area (Å²) in [5.41, 5.74) is 10.9. The molecule has 0 bridgehead atoms. The number of aryl methyl sites for hydroxylation is 2. The maximum atomic E-state index is 6.25. The van der Waals surface area contributed by atoms with Crippen molar-refractivity contribution in [2.45, 2.75) is 13.8 Å². The molecule has 3 aromatic rings. The summed E-state index contributed by atoms with van der Waals surface area (Å²) in [4.78, 5) is 13.9. The van der Waals surface area contributed by atoms with Crippen LogP contribution >= 0.6 is 0 Å². The SMILES string of the molecule is COc1cc2nc(N3CCN(c4cc(C)ccc4C)CC3)nc(N)c2cc1OC.[Cl-]. The van der Waals surface area contributed by atoms with Gasteiger partial charge in [0.25, 0.3) is 0 Å². The predicted molar refractivity (Wildman–Crippen MR) is 117 cm³/mol. The summed E-state index contributed by atoms with van der Waals surface area (Å²) in [5.74, 6) is 2.35. The molecular weight excluding hydrogens is 402 g/mol. The number of rotatable bonds is 4. The highest BCUT2D eigenvalue weighted by molar-refractivity contribution is 5.91. The number of hydrogen-bond acceptors (Lipinski definition) is 7. The largest absolute Gasteiger partial charge is 1.00 e. The van der Waals surface area contributed by atoms with Gasteiger partial charge in [-0.05, 0) is 37.1 Å². The fourth-order valence-electron chi connectivity index (χ4n) is 3.82. The third kappa shape index (κ3) is 4.03. The van der Waals surface area contributed by atoms with Crippen molar-refractivity contribution < 1.29 is 21.9 Å². The van der Waals surface area contributed by atoms with E-state index in [1.807, 2.05) is 12.1 Å². The number of fused-ring (bicyclic) bond motifs is 1. The van der Waals surface area contributed by atoms with Crippen molar-refractivity contribution >= 4 is 28.4 Å². The van der Waals surface area contributed by atoms with Crippen LogP contribution in [0.1, 0.15) is 11.1 Å². The van der Waals surface area contributed by atoms with E-state index in [0.29, 0.717) is 23.3 Å². The van der Waals surface area contributed by atoms with Crippen molar-refractivity contribution in [2.24, 2.45) is 0 Å². The van der Waals surface area contributed by atoms with Crippen molar-refractivity contribution in [2.75, 3.05) is 55.9 Å². The maximum Gasteiger partial charge on any atom is 0.228 e. The van der Waals surface area contributed by atoms with Crippen LogP contribution in [0.15, 0.2) is 30.3 Å². The highest BCUT2D eigenvalue weighted by atomic mass is 35.5. The molecule has 0 unspecified atom stereocenters. The van der Waals surface area contributed by atoms with Crippen LogP contribution in [-0.2, 0) is 0 Å². The molecule has 0 saturated carbocycles. The second-order valence-electron chi connectivity index (χ2n) is 7.40. The Hall–Kier alpha value is -2.93. The first-order valence-electron chi connectivity index (χ1n) is 9.76. The molecule has 30 heavy (non-hydrogen) atoms. The summed E-state index contributed by atoms with van der Waals surface area (Å²) in [5, 5.41) is 0.764. The van der Waals surface area contributed by atoms with Gasteiger partial charge in [-0.15, -0.1) is 0 Å². The van der Waals surface area contributed by atoms with Gasteiger partial charge in [0.2, 0.25) is 5.95 Å². The number of ether oxygens (including phenoxy) is 2. The highest BCUT2D eigenvalue weighted by Gasteiger charge is 2.22. The molecule has 0 amide bonds. The first-order valence-corrected chi connectivity index (χ1v) is 9.76. The van der Waals surface area contributed by atoms with Crippen LogP contribution < -0.4 is 37.4 Å². The average molecular weight is 429 g/mol. The van der Waals surface area contributed by atoms with Crippen molar-refractivity contribution in [3.63, 3.8) is 0 Å². The van der Waals surface area contributed by atoms with Gasteiger partial charge >= 0.3 is 0 Å². The van der Waals surface area contributed by atoms with Crippen LogP contribution in [0.25, 0.3) is 10.9 Å². The molecule has 0 aliphatic carbocycles. The van der Waals surface area contributed by atoms with Gasteiger partial charge in [-0.3, -0.25) is 0 Å². The molecule has 1 aromatic heterocycles. The van der Waals surface area contributed by atoms with E-state index in [1.54, 1.807) is 14.2 Å². The molecule has 2 heterocycles. The van der Waals surface area contributed by atoms with E-state index in [2.05, 4.69) is 46.8 Å². The van der Waals surface area contributed by atoms with Crippen LogP contribution in [0.3, 0.4) is 0 Å². The smallest absolute Gasteiger partial charge is 0.228 e. The lowest BCUT2D eigenvalue weighted by Crippen LogP contribution is -3.00. The molecule has 160 valence electrons.